The van der Waals surface area contributed by atoms with Crippen LogP contribution in [0, 0.1) is 10.1 Å². The number of carbonyl (C=O) groups is 2. The third kappa shape index (κ3) is 4.42. The highest BCUT2D eigenvalue weighted by Crippen LogP contribution is 2.24. The van der Waals surface area contributed by atoms with Gasteiger partial charge in [-0.25, -0.2) is 4.79 Å². The number of hydrogen-bond donors (Lipinski definition) is 2. The van der Waals surface area contributed by atoms with Crippen molar-refractivity contribution in [2.24, 2.45) is 0 Å². The van der Waals surface area contributed by atoms with Crippen molar-refractivity contribution in [1.29, 1.82) is 0 Å². The third-order valence-electron chi connectivity index (χ3n) is 2.85. The second kappa shape index (κ2) is 7.93. The van der Waals surface area contributed by atoms with E-state index in [9.17, 15) is 19.7 Å². The van der Waals surface area contributed by atoms with Gasteiger partial charge in [0.2, 0.25) is 0 Å². The number of nitrogens with one attached hydrogen (secondary N) is 1. The average molecular weight is 312 g/mol. The van der Waals surface area contributed by atoms with E-state index in [1.165, 1.54) is 26.4 Å². The number of amides is 1. The Kier molecular flexibility index (Phi) is 6.26. The minimum absolute atomic E-state index is 0.0643. The molecule has 9 nitrogen and oxygen atoms in total. The van der Waals surface area contributed by atoms with Crippen molar-refractivity contribution in [3.63, 3.8) is 0 Å². The number of carbonyl (C=O) groups excluding carboxylic acids is 1. The molecule has 2 N–H and O–H groups in total. The zero-order valence-corrected chi connectivity index (χ0v) is 12.1. The third-order valence-corrected chi connectivity index (χ3v) is 2.85. The summed E-state index contributed by atoms with van der Waals surface area (Å²) in [6, 6.07) is 2.33. The highest BCUT2D eigenvalue weighted by atomic mass is 16.6. The Morgan fingerprint density at radius 2 is 2.09 bits per heavy atom. The number of non-ortho nitro benzene ring substituents is 1. The van der Waals surface area contributed by atoms with E-state index in [0.29, 0.717) is 0 Å². The van der Waals surface area contributed by atoms with E-state index >= 15 is 0 Å². The van der Waals surface area contributed by atoms with Gasteiger partial charge in [0.25, 0.3) is 11.6 Å². The predicted molar refractivity (Wildman–Crippen MR) is 75.0 cm³/mol. The molecule has 0 aliphatic heterocycles. The normalized spacial score (nSPS) is 11.5. The molecular formula is C13H16N2O7. The van der Waals surface area contributed by atoms with Gasteiger partial charge in [0, 0.05) is 32.3 Å². The van der Waals surface area contributed by atoms with Crippen LogP contribution in [0.5, 0.6) is 5.75 Å². The van der Waals surface area contributed by atoms with Crippen molar-refractivity contribution in [2.45, 2.75) is 12.5 Å². The fraction of sp³-hybridized carbons (Fsp3) is 0.385. The summed E-state index contributed by atoms with van der Waals surface area (Å²) in [5.41, 5.74) is -0.407. The van der Waals surface area contributed by atoms with Crippen LogP contribution in [0.25, 0.3) is 0 Å². The summed E-state index contributed by atoms with van der Waals surface area (Å²) in [6.45, 7) is 0.142. The molecule has 0 radical (unpaired) electrons. The molecule has 0 aromatic heterocycles. The van der Waals surface area contributed by atoms with Gasteiger partial charge >= 0.3 is 5.97 Å². The van der Waals surface area contributed by atoms with Crippen LogP contribution in [0.3, 0.4) is 0 Å². The van der Waals surface area contributed by atoms with Crippen molar-refractivity contribution in [2.75, 3.05) is 20.8 Å². The molecule has 0 heterocycles. The Balaban J connectivity index is 3.02. The zero-order chi connectivity index (χ0) is 16.7. The molecule has 0 aliphatic carbocycles. The van der Waals surface area contributed by atoms with Crippen LogP contribution in [-0.2, 0) is 9.53 Å². The van der Waals surface area contributed by atoms with E-state index in [1.807, 2.05) is 0 Å². The van der Waals surface area contributed by atoms with E-state index in [-0.39, 0.29) is 30.0 Å². The first kappa shape index (κ1) is 17.4. The number of rotatable bonds is 8. The van der Waals surface area contributed by atoms with Gasteiger partial charge in [-0.2, -0.15) is 0 Å². The van der Waals surface area contributed by atoms with Gasteiger partial charge in [0.05, 0.1) is 17.6 Å². The first-order valence-corrected chi connectivity index (χ1v) is 6.25. The lowest BCUT2D eigenvalue weighted by atomic mass is 10.1. The number of nitro groups is 1. The van der Waals surface area contributed by atoms with Crippen molar-refractivity contribution >= 4 is 17.6 Å². The van der Waals surface area contributed by atoms with Gasteiger partial charge < -0.3 is 19.9 Å². The second-order valence-corrected chi connectivity index (χ2v) is 4.29. The number of nitro benzene ring substituents is 1. The fourth-order valence-corrected chi connectivity index (χ4v) is 1.72. The molecule has 0 aliphatic rings. The number of nitrogens with zero attached hydrogens (tertiary/aromatic N) is 1. The highest BCUT2D eigenvalue weighted by molar-refractivity contribution is 5.99. The number of carboxylic acids is 1. The number of benzene rings is 1. The van der Waals surface area contributed by atoms with Crippen molar-refractivity contribution < 1.29 is 29.1 Å². The molecule has 1 aromatic rings. The molecule has 9 heteroatoms. The van der Waals surface area contributed by atoms with Crippen LogP contribution in [-0.4, -0.2) is 48.8 Å². The molecule has 0 saturated carbocycles. The van der Waals surface area contributed by atoms with Crippen molar-refractivity contribution in [3.8, 4) is 5.75 Å². The van der Waals surface area contributed by atoms with Crippen LogP contribution in [0.1, 0.15) is 16.8 Å². The van der Waals surface area contributed by atoms with E-state index < -0.39 is 22.8 Å². The topological polar surface area (TPSA) is 128 Å². The summed E-state index contributed by atoms with van der Waals surface area (Å²) in [5.74, 6) is -1.89. The molecule has 0 saturated heterocycles. The van der Waals surface area contributed by atoms with Crippen LogP contribution in [0.4, 0.5) is 5.69 Å². The van der Waals surface area contributed by atoms with Crippen LogP contribution < -0.4 is 10.1 Å². The molecule has 1 amide bonds. The van der Waals surface area contributed by atoms with E-state index in [0.717, 1.165) is 6.07 Å². The number of methoxy groups -OCH3 is 2. The lowest BCUT2D eigenvalue weighted by Gasteiger charge is -2.15. The number of aliphatic carboxylic acids is 1. The van der Waals surface area contributed by atoms with E-state index in [1.54, 1.807) is 0 Å². The second-order valence-electron chi connectivity index (χ2n) is 4.29. The largest absolute Gasteiger partial charge is 0.496 e. The summed E-state index contributed by atoms with van der Waals surface area (Å²) in [4.78, 5) is 33.4. The van der Waals surface area contributed by atoms with Crippen LogP contribution in [0.2, 0.25) is 0 Å². The fourth-order valence-electron chi connectivity index (χ4n) is 1.72. The van der Waals surface area contributed by atoms with Crippen molar-refractivity contribution in [3.05, 3.63) is 33.9 Å². The quantitative estimate of drug-likeness (QED) is 0.537. The van der Waals surface area contributed by atoms with Gasteiger partial charge in [-0.3, -0.25) is 14.9 Å². The van der Waals surface area contributed by atoms with E-state index in [4.69, 9.17) is 14.6 Å². The number of hydrogen-bond acceptors (Lipinski definition) is 6. The lowest BCUT2D eigenvalue weighted by molar-refractivity contribution is -0.384. The first-order chi connectivity index (χ1) is 10.4. The highest BCUT2D eigenvalue weighted by Gasteiger charge is 2.23. The summed E-state index contributed by atoms with van der Waals surface area (Å²) in [7, 11) is 2.71. The van der Waals surface area contributed by atoms with Gasteiger partial charge in [-0.1, -0.05) is 0 Å². The smallest absolute Gasteiger partial charge is 0.326 e. The standard InChI is InChI=1S/C13H16N2O7/c1-21-6-5-10(13(17)18)14-12(16)9-7-8(15(19)20)3-4-11(9)22-2/h3-4,7,10H,5-6H2,1-2H3,(H,14,16)(H,17,18). The molecule has 1 aromatic carbocycles. The van der Waals surface area contributed by atoms with Gasteiger partial charge in [0.1, 0.15) is 11.8 Å². The Morgan fingerprint density at radius 1 is 1.41 bits per heavy atom. The molecule has 1 unspecified atom stereocenters. The molecule has 0 fully saturated rings. The molecule has 1 atom stereocenters. The van der Waals surface area contributed by atoms with Crippen LogP contribution in [0.15, 0.2) is 18.2 Å². The van der Waals surface area contributed by atoms with Crippen LogP contribution >= 0.6 is 0 Å². The molecule has 1 rings (SSSR count). The maximum Gasteiger partial charge on any atom is 0.326 e. The number of ether oxygens (including phenoxy) is 2. The van der Waals surface area contributed by atoms with Gasteiger partial charge in [-0.05, 0) is 6.07 Å². The van der Waals surface area contributed by atoms with E-state index in [2.05, 4.69) is 5.32 Å². The molecule has 0 spiro atoms. The maximum atomic E-state index is 12.2. The first-order valence-electron chi connectivity index (χ1n) is 6.25. The predicted octanol–water partition coefficient (Wildman–Crippen LogP) is 0.823. The summed E-state index contributed by atoms with van der Waals surface area (Å²) < 4.78 is 9.75. The Labute approximate surface area is 126 Å². The molecule has 120 valence electrons. The summed E-state index contributed by atoms with van der Waals surface area (Å²) in [5, 5.41) is 22.1. The molecule has 0 bridgehead atoms. The Bertz CT molecular complexity index is 574. The monoisotopic (exact) mass is 312 g/mol. The van der Waals surface area contributed by atoms with Gasteiger partial charge in [0.15, 0.2) is 0 Å². The minimum atomic E-state index is -1.23. The average Bonchev–Trinajstić information content (AvgIpc) is 2.49. The number of carboxylic acid groups (broad SMARTS) is 1. The summed E-state index contributed by atoms with van der Waals surface area (Å²) >= 11 is 0. The zero-order valence-electron chi connectivity index (χ0n) is 12.1. The maximum absolute atomic E-state index is 12.2. The van der Waals surface area contributed by atoms with Gasteiger partial charge in [-0.15, -0.1) is 0 Å². The molecule has 22 heavy (non-hydrogen) atoms. The van der Waals surface area contributed by atoms with Crippen molar-refractivity contribution in [1.82, 2.24) is 5.32 Å². The Morgan fingerprint density at radius 3 is 2.59 bits per heavy atom. The lowest BCUT2D eigenvalue weighted by Crippen LogP contribution is -2.41. The SMILES string of the molecule is COCCC(NC(=O)c1cc([N+](=O)[O-])ccc1OC)C(=O)O. The molecular weight excluding hydrogens is 296 g/mol. The Hall–Kier alpha value is -2.68. The summed E-state index contributed by atoms with van der Waals surface area (Å²) in [6.07, 6.45) is 0.0643. The minimum Gasteiger partial charge on any atom is -0.496 e.